The van der Waals surface area contributed by atoms with E-state index in [1.165, 1.54) is 5.56 Å². The summed E-state index contributed by atoms with van der Waals surface area (Å²) in [6, 6.07) is 16.0. The van der Waals surface area contributed by atoms with Gasteiger partial charge in [0, 0.05) is 30.7 Å². The van der Waals surface area contributed by atoms with Gasteiger partial charge in [-0.1, -0.05) is 24.3 Å². The van der Waals surface area contributed by atoms with Crippen molar-refractivity contribution in [2.45, 2.75) is 20.0 Å². The standard InChI is InChI=1S/C22H27N5O2/c1-4-23-22(26-19-9-10-20(28-2)21(14-19)29-3)24-15-17-7-5-8-18(13-17)16-27-12-6-11-25-27/h5-14H,4,15-16H2,1-3H3,(H2,23,24,26). The molecule has 2 aromatic carbocycles. The van der Waals surface area contributed by atoms with Crippen LogP contribution >= 0.6 is 0 Å². The molecule has 7 heteroatoms. The molecule has 29 heavy (non-hydrogen) atoms. The van der Waals surface area contributed by atoms with E-state index < -0.39 is 0 Å². The van der Waals surface area contributed by atoms with E-state index in [1.807, 2.05) is 42.1 Å². The molecule has 3 aromatic rings. The lowest BCUT2D eigenvalue weighted by atomic mass is 10.1. The van der Waals surface area contributed by atoms with Crippen molar-refractivity contribution in [2.24, 2.45) is 4.99 Å². The largest absolute Gasteiger partial charge is 0.493 e. The summed E-state index contributed by atoms with van der Waals surface area (Å²) in [6.45, 7) is 4.11. The monoisotopic (exact) mass is 393 g/mol. The molecule has 3 rings (SSSR count). The Balaban J connectivity index is 1.71. The Morgan fingerprint density at radius 3 is 2.59 bits per heavy atom. The number of benzene rings is 2. The SMILES string of the molecule is CCNC(=NCc1cccc(Cn2cccn2)c1)Nc1ccc(OC)c(OC)c1. The maximum Gasteiger partial charge on any atom is 0.196 e. The maximum absolute atomic E-state index is 5.37. The van der Waals surface area contributed by atoms with Crippen molar-refractivity contribution in [3.8, 4) is 11.5 Å². The number of guanidine groups is 1. The molecule has 0 amide bonds. The minimum atomic E-state index is 0.565. The van der Waals surface area contributed by atoms with Gasteiger partial charge in [-0.3, -0.25) is 4.68 Å². The third kappa shape index (κ3) is 5.75. The first-order valence-corrected chi connectivity index (χ1v) is 9.54. The predicted molar refractivity (Wildman–Crippen MR) is 116 cm³/mol. The molecule has 1 aromatic heterocycles. The smallest absolute Gasteiger partial charge is 0.196 e. The number of hydrogen-bond donors (Lipinski definition) is 2. The molecule has 2 N–H and O–H groups in total. The third-order valence-corrected chi connectivity index (χ3v) is 4.31. The van der Waals surface area contributed by atoms with Gasteiger partial charge in [-0.15, -0.1) is 0 Å². The van der Waals surface area contributed by atoms with Gasteiger partial charge in [0.25, 0.3) is 0 Å². The molecule has 0 aliphatic rings. The van der Waals surface area contributed by atoms with Gasteiger partial charge in [0.15, 0.2) is 17.5 Å². The fraction of sp³-hybridized carbons (Fsp3) is 0.273. The predicted octanol–water partition coefficient (Wildman–Crippen LogP) is 3.53. The second-order valence-electron chi connectivity index (χ2n) is 6.41. The normalized spacial score (nSPS) is 11.2. The van der Waals surface area contributed by atoms with Crippen molar-refractivity contribution >= 4 is 11.6 Å². The van der Waals surface area contributed by atoms with E-state index in [1.54, 1.807) is 20.4 Å². The lowest BCUT2D eigenvalue weighted by Gasteiger charge is -2.14. The van der Waals surface area contributed by atoms with Crippen molar-refractivity contribution in [1.82, 2.24) is 15.1 Å². The highest BCUT2D eigenvalue weighted by molar-refractivity contribution is 5.93. The van der Waals surface area contributed by atoms with E-state index >= 15 is 0 Å². The second kappa shape index (κ2) is 10.2. The average Bonchev–Trinajstić information content (AvgIpc) is 3.25. The van der Waals surface area contributed by atoms with Crippen LogP contribution in [-0.2, 0) is 13.1 Å². The Bertz CT molecular complexity index is 938. The van der Waals surface area contributed by atoms with Gasteiger partial charge in [-0.05, 0) is 36.2 Å². The topological polar surface area (TPSA) is 72.7 Å². The summed E-state index contributed by atoms with van der Waals surface area (Å²) >= 11 is 0. The minimum Gasteiger partial charge on any atom is -0.493 e. The quantitative estimate of drug-likeness (QED) is 0.452. The summed E-state index contributed by atoms with van der Waals surface area (Å²) in [5, 5.41) is 10.9. The molecule has 0 unspecified atom stereocenters. The Hall–Kier alpha value is -3.48. The summed E-state index contributed by atoms with van der Waals surface area (Å²) in [7, 11) is 3.24. The molecule has 0 radical (unpaired) electrons. The van der Waals surface area contributed by atoms with Gasteiger partial charge in [0.05, 0.1) is 27.3 Å². The zero-order chi connectivity index (χ0) is 20.5. The van der Waals surface area contributed by atoms with Crippen molar-refractivity contribution in [3.05, 3.63) is 72.1 Å². The van der Waals surface area contributed by atoms with Crippen LogP contribution in [0.3, 0.4) is 0 Å². The van der Waals surface area contributed by atoms with Gasteiger partial charge in [0.2, 0.25) is 0 Å². The molecule has 152 valence electrons. The van der Waals surface area contributed by atoms with Crippen molar-refractivity contribution in [2.75, 3.05) is 26.1 Å². The van der Waals surface area contributed by atoms with E-state index in [0.717, 1.165) is 24.3 Å². The van der Waals surface area contributed by atoms with Gasteiger partial charge < -0.3 is 20.1 Å². The minimum absolute atomic E-state index is 0.565. The Labute approximate surface area is 171 Å². The Morgan fingerprint density at radius 1 is 1.03 bits per heavy atom. The molecule has 0 atom stereocenters. The van der Waals surface area contributed by atoms with Crippen molar-refractivity contribution < 1.29 is 9.47 Å². The van der Waals surface area contributed by atoms with Crippen LogP contribution in [0.5, 0.6) is 11.5 Å². The van der Waals surface area contributed by atoms with E-state index in [4.69, 9.17) is 14.5 Å². The van der Waals surface area contributed by atoms with E-state index in [2.05, 4.69) is 40.0 Å². The molecule has 7 nitrogen and oxygen atoms in total. The Morgan fingerprint density at radius 2 is 1.86 bits per heavy atom. The van der Waals surface area contributed by atoms with Crippen LogP contribution in [0.25, 0.3) is 0 Å². The number of nitrogens with zero attached hydrogens (tertiary/aromatic N) is 3. The highest BCUT2D eigenvalue weighted by atomic mass is 16.5. The first-order chi connectivity index (χ1) is 14.2. The van der Waals surface area contributed by atoms with Crippen LogP contribution in [0.2, 0.25) is 0 Å². The van der Waals surface area contributed by atoms with Crippen molar-refractivity contribution in [1.29, 1.82) is 0 Å². The zero-order valence-electron chi connectivity index (χ0n) is 17.1. The number of aliphatic imine (C=N–C) groups is 1. The van der Waals surface area contributed by atoms with E-state index in [9.17, 15) is 0 Å². The first-order valence-electron chi connectivity index (χ1n) is 9.54. The number of rotatable bonds is 8. The van der Waals surface area contributed by atoms with E-state index in [-0.39, 0.29) is 0 Å². The van der Waals surface area contributed by atoms with Crippen LogP contribution in [0, 0.1) is 0 Å². The fourth-order valence-corrected chi connectivity index (χ4v) is 2.94. The number of nitrogens with one attached hydrogen (secondary N) is 2. The van der Waals surface area contributed by atoms with Gasteiger partial charge in [-0.2, -0.15) is 5.10 Å². The summed E-state index contributed by atoms with van der Waals surface area (Å²) < 4.78 is 12.6. The fourth-order valence-electron chi connectivity index (χ4n) is 2.94. The first kappa shape index (κ1) is 20.3. The molecular formula is C22H27N5O2. The highest BCUT2D eigenvalue weighted by Crippen LogP contribution is 2.29. The number of anilines is 1. The molecule has 0 aliphatic heterocycles. The molecule has 0 aliphatic carbocycles. The van der Waals surface area contributed by atoms with Crippen molar-refractivity contribution in [3.63, 3.8) is 0 Å². The lowest BCUT2D eigenvalue weighted by molar-refractivity contribution is 0.355. The molecule has 1 heterocycles. The average molecular weight is 393 g/mol. The Kier molecular flexibility index (Phi) is 7.10. The lowest BCUT2D eigenvalue weighted by Crippen LogP contribution is -2.30. The van der Waals surface area contributed by atoms with E-state index in [0.29, 0.717) is 24.0 Å². The molecular weight excluding hydrogens is 366 g/mol. The van der Waals surface area contributed by atoms with Gasteiger partial charge in [-0.25, -0.2) is 4.99 Å². The number of methoxy groups -OCH3 is 2. The van der Waals surface area contributed by atoms with Crippen LogP contribution in [0.4, 0.5) is 5.69 Å². The molecule has 0 saturated carbocycles. The molecule has 0 fully saturated rings. The van der Waals surface area contributed by atoms with Gasteiger partial charge >= 0.3 is 0 Å². The number of hydrogen-bond acceptors (Lipinski definition) is 4. The summed E-state index contributed by atoms with van der Waals surface area (Å²) in [6.07, 6.45) is 3.75. The van der Waals surface area contributed by atoms with Crippen LogP contribution in [0.15, 0.2) is 65.9 Å². The van der Waals surface area contributed by atoms with Crippen LogP contribution in [0.1, 0.15) is 18.1 Å². The maximum atomic E-state index is 5.37. The summed E-state index contributed by atoms with van der Waals surface area (Å²) in [4.78, 5) is 4.72. The summed E-state index contributed by atoms with van der Waals surface area (Å²) in [5.41, 5.74) is 3.20. The van der Waals surface area contributed by atoms with Gasteiger partial charge in [0.1, 0.15) is 0 Å². The number of aromatic nitrogens is 2. The number of ether oxygens (including phenoxy) is 2. The highest BCUT2D eigenvalue weighted by Gasteiger charge is 2.06. The molecule has 0 bridgehead atoms. The molecule has 0 spiro atoms. The molecule has 0 saturated heterocycles. The van der Waals surface area contributed by atoms with Crippen LogP contribution < -0.4 is 20.1 Å². The summed E-state index contributed by atoms with van der Waals surface area (Å²) in [5.74, 6) is 2.06. The zero-order valence-corrected chi connectivity index (χ0v) is 17.1. The third-order valence-electron chi connectivity index (χ3n) is 4.31. The van der Waals surface area contributed by atoms with Crippen LogP contribution in [-0.4, -0.2) is 36.5 Å². The second-order valence-corrected chi connectivity index (χ2v) is 6.41.